The molecule has 2 heteroatoms. The van der Waals surface area contributed by atoms with Gasteiger partial charge in [0.15, 0.2) is 0 Å². The van der Waals surface area contributed by atoms with Crippen LogP contribution in [0.1, 0.15) is 5.76 Å². The summed E-state index contributed by atoms with van der Waals surface area (Å²) in [4.78, 5) is 0. The largest absolute Gasteiger partial charge is 0.472 e. The summed E-state index contributed by atoms with van der Waals surface area (Å²) in [5, 5.41) is 1.20. The SMILES string of the molecule is Cc1ccc([Si](C)(C)C)o1. The Hall–Kier alpha value is -0.503. The van der Waals surface area contributed by atoms with Gasteiger partial charge in [-0.05, 0) is 19.1 Å². The van der Waals surface area contributed by atoms with Gasteiger partial charge in [-0.15, -0.1) is 0 Å². The van der Waals surface area contributed by atoms with E-state index >= 15 is 0 Å². The Bertz CT molecular complexity index is 219. The van der Waals surface area contributed by atoms with Gasteiger partial charge in [0.05, 0.1) is 11.1 Å². The molecule has 0 aliphatic carbocycles. The van der Waals surface area contributed by atoms with Gasteiger partial charge in [-0.3, -0.25) is 0 Å². The maximum Gasteiger partial charge on any atom is 0.123 e. The average Bonchev–Trinajstić information content (AvgIpc) is 2.11. The molecular weight excluding hydrogens is 140 g/mol. The van der Waals surface area contributed by atoms with Gasteiger partial charge in [-0.2, -0.15) is 0 Å². The molecule has 0 saturated heterocycles. The molecule has 0 aliphatic heterocycles. The lowest BCUT2D eigenvalue weighted by molar-refractivity contribution is 0.562. The summed E-state index contributed by atoms with van der Waals surface area (Å²) in [6.07, 6.45) is 0. The van der Waals surface area contributed by atoms with E-state index in [9.17, 15) is 0 Å². The Morgan fingerprint density at radius 3 is 2.00 bits per heavy atom. The summed E-state index contributed by atoms with van der Waals surface area (Å²) in [7, 11) is -1.18. The van der Waals surface area contributed by atoms with E-state index in [1.54, 1.807) is 0 Å². The van der Waals surface area contributed by atoms with Gasteiger partial charge in [-0.1, -0.05) is 19.6 Å². The molecular formula is C8H14OSi. The minimum Gasteiger partial charge on any atom is -0.472 e. The molecule has 0 radical (unpaired) electrons. The number of hydrogen-bond donors (Lipinski definition) is 0. The highest BCUT2D eigenvalue weighted by Crippen LogP contribution is 2.04. The average molecular weight is 154 g/mol. The summed E-state index contributed by atoms with van der Waals surface area (Å²) in [6, 6.07) is 4.13. The Morgan fingerprint density at radius 1 is 1.20 bits per heavy atom. The van der Waals surface area contributed by atoms with Gasteiger partial charge in [0.25, 0.3) is 0 Å². The van der Waals surface area contributed by atoms with Gasteiger partial charge in [0.1, 0.15) is 8.07 Å². The molecule has 0 amide bonds. The predicted molar refractivity (Wildman–Crippen MR) is 46.4 cm³/mol. The second-order valence-electron chi connectivity index (χ2n) is 3.66. The minimum absolute atomic E-state index is 1.03. The lowest BCUT2D eigenvalue weighted by Crippen LogP contribution is -2.36. The lowest BCUT2D eigenvalue weighted by atomic mass is 10.5. The summed E-state index contributed by atoms with van der Waals surface area (Å²) in [5.41, 5.74) is 0. The van der Waals surface area contributed by atoms with E-state index in [-0.39, 0.29) is 0 Å². The van der Waals surface area contributed by atoms with Crippen molar-refractivity contribution in [2.75, 3.05) is 0 Å². The van der Waals surface area contributed by atoms with Crippen molar-refractivity contribution < 1.29 is 4.42 Å². The first kappa shape index (κ1) is 7.60. The Kier molecular flexibility index (Phi) is 1.73. The molecule has 10 heavy (non-hydrogen) atoms. The number of furan rings is 1. The van der Waals surface area contributed by atoms with E-state index in [1.807, 2.05) is 13.0 Å². The molecule has 0 spiro atoms. The topological polar surface area (TPSA) is 13.1 Å². The molecule has 1 nitrogen and oxygen atoms in total. The minimum atomic E-state index is -1.18. The van der Waals surface area contributed by atoms with Crippen molar-refractivity contribution in [3.8, 4) is 0 Å². The van der Waals surface area contributed by atoms with Crippen LogP contribution in [0.15, 0.2) is 16.5 Å². The molecule has 56 valence electrons. The van der Waals surface area contributed by atoms with Crippen LogP contribution in [0, 0.1) is 6.92 Å². The summed E-state index contributed by atoms with van der Waals surface area (Å²) < 4.78 is 5.51. The highest BCUT2D eigenvalue weighted by molar-refractivity contribution is 6.87. The zero-order valence-corrected chi connectivity index (χ0v) is 8.06. The predicted octanol–water partition coefficient (Wildman–Crippen LogP) is 2.13. The van der Waals surface area contributed by atoms with E-state index in [0.717, 1.165) is 5.76 Å². The second-order valence-corrected chi connectivity index (χ2v) is 8.65. The number of rotatable bonds is 1. The van der Waals surface area contributed by atoms with Crippen molar-refractivity contribution >= 4 is 13.5 Å². The van der Waals surface area contributed by atoms with Crippen LogP contribution in [0.2, 0.25) is 19.6 Å². The van der Waals surface area contributed by atoms with Gasteiger partial charge in [0, 0.05) is 0 Å². The normalized spacial score (nSPS) is 12.0. The molecule has 0 N–H and O–H groups in total. The van der Waals surface area contributed by atoms with Crippen LogP contribution in [-0.2, 0) is 0 Å². The first-order chi connectivity index (χ1) is 4.50. The maximum absolute atomic E-state index is 5.51. The molecule has 1 rings (SSSR count). The summed E-state index contributed by atoms with van der Waals surface area (Å²) >= 11 is 0. The fourth-order valence-corrected chi connectivity index (χ4v) is 1.89. The molecule has 1 heterocycles. The quantitative estimate of drug-likeness (QED) is 0.565. The Labute approximate surface area is 63.1 Å². The molecule has 0 aliphatic rings. The van der Waals surface area contributed by atoms with Gasteiger partial charge in [0.2, 0.25) is 0 Å². The smallest absolute Gasteiger partial charge is 0.123 e. The fraction of sp³-hybridized carbons (Fsp3) is 0.500. The van der Waals surface area contributed by atoms with E-state index in [1.165, 1.54) is 5.38 Å². The van der Waals surface area contributed by atoms with Gasteiger partial charge < -0.3 is 4.42 Å². The van der Waals surface area contributed by atoms with Crippen molar-refractivity contribution in [1.29, 1.82) is 0 Å². The monoisotopic (exact) mass is 154 g/mol. The van der Waals surface area contributed by atoms with Crippen LogP contribution < -0.4 is 5.38 Å². The summed E-state index contributed by atoms with van der Waals surface area (Å²) in [6.45, 7) is 8.84. The van der Waals surface area contributed by atoms with Crippen LogP contribution in [0.3, 0.4) is 0 Å². The van der Waals surface area contributed by atoms with E-state index in [4.69, 9.17) is 4.42 Å². The van der Waals surface area contributed by atoms with Crippen LogP contribution in [0.4, 0.5) is 0 Å². The molecule has 0 unspecified atom stereocenters. The molecule has 0 saturated carbocycles. The van der Waals surface area contributed by atoms with Gasteiger partial charge in [-0.25, -0.2) is 0 Å². The molecule has 0 fully saturated rings. The van der Waals surface area contributed by atoms with E-state index < -0.39 is 8.07 Å². The molecule has 1 aromatic heterocycles. The van der Waals surface area contributed by atoms with Crippen LogP contribution in [0.5, 0.6) is 0 Å². The zero-order valence-electron chi connectivity index (χ0n) is 7.06. The molecule has 0 aromatic carbocycles. The van der Waals surface area contributed by atoms with Crippen molar-refractivity contribution in [3.63, 3.8) is 0 Å². The number of aryl methyl sites for hydroxylation is 1. The lowest BCUT2D eigenvalue weighted by Gasteiger charge is -2.10. The van der Waals surface area contributed by atoms with E-state index in [0.29, 0.717) is 0 Å². The molecule has 0 atom stereocenters. The van der Waals surface area contributed by atoms with Crippen molar-refractivity contribution in [3.05, 3.63) is 17.9 Å². The standard InChI is InChI=1S/C8H14OSi/c1-7-5-6-8(9-7)10(2,3)4/h5-6H,1-4H3. The van der Waals surface area contributed by atoms with Gasteiger partial charge >= 0.3 is 0 Å². The van der Waals surface area contributed by atoms with Crippen LogP contribution >= 0.6 is 0 Å². The van der Waals surface area contributed by atoms with Crippen molar-refractivity contribution in [2.24, 2.45) is 0 Å². The molecule has 1 aromatic rings. The van der Waals surface area contributed by atoms with Crippen LogP contribution in [0.25, 0.3) is 0 Å². The third-order valence-corrected chi connectivity index (χ3v) is 3.23. The van der Waals surface area contributed by atoms with E-state index in [2.05, 4.69) is 25.7 Å². The third-order valence-electron chi connectivity index (χ3n) is 1.48. The second kappa shape index (κ2) is 2.27. The van der Waals surface area contributed by atoms with Crippen molar-refractivity contribution in [1.82, 2.24) is 0 Å². The number of hydrogen-bond acceptors (Lipinski definition) is 1. The zero-order chi connectivity index (χ0) is 7.78. The maximum atomic E-state index is 5.51. The highest BCUT2D eigenvalue weighted by atomic mass is 28.3. The highest BCUT2D eigenvalue weighted by Gasteiger charge is 2.19. The van der Waals surface area contributed by atoms with Crippen LogP contribution in [-0.4, -0.2) is 8.07 Å². The fourth-order valence-electron chi connectivity index (χ4n) is 0.838. The first-order valence-corrected chi connectivity index (χ1v) is 7.07. The third kappa shape index (κ3) is 1.51. The van der Waals surface area contributed by atoms with Crippen molar-refractivity contribution in [2.45, 2.75) is 26.6 Å². The Balaban J connectivity index is 2.96. The first-order valence-electron chi connectivity index (χ1n) is 3.57. The summed E-state index contributed by atoms with van der Waals surface area (Å²) in [5.74, 6) is 1.03. The molecule has 0 bridgehead atoms. The Morgan fingerprint density at radius 2 is 1.80 bits per heavy atom.